The van der Waals surface area contributed by atoms with Gasteiger partial charge in [-0.1, -0.05) is 48.5 Å². The molecule has 1 saturated heterocycles. The first kappa shape index (κ1) is 36.4. The molecule has 0 bridgehead atoms. The summed E-state index contributed by atoms with van der Waals surface area (Å²) in [7, 11) is 0. The topological polar surface area (TPSA) is 119 Å². The van der Waals surface area contributed by atoms with Crippen LogP contribution in [0.15, 0.2) is 61.4 Å². The number of esters is 1. The standard InChI is InChI=1S/C41H51N7O5/c1-27(38(49)52-40(2,3)4)47-32(25-45(23-28-12-10-13-28)39(50)53-41(5,6)7)21-30-18-17-29(20-35(30)47)24-46-26-34(43-44-46)33-15-11-14-31-22-42-48(37(31)33)36-16-8-9-19-51-36/h11,14-15,17-18,20-22,26,28,36H,1,8-10,12-13,16,19,23-25H2,2-7H3. The molecule has 1 saturated carbocycles. The van der Waals surface area contributed by atoms with E-state index in [4.69, 9.17) is 19.3 Å². The normalized spacial score (nSPS) is 16.8. The molecule has 7 rings (SSSR count). The van der Waals surface area contributed by atoms with Crippen LogP contribution in [-0.2, 0) is 32.1 Å². The minimum Gasteiger partial charge on any atom is -0.455 e. The molecule has 280 valence electrons. The van der Waals surface area contributed by atoms with E-state index >= 15 is 0 Å². The second kappa shape index (κ2) is 14.5. The van der Waals surface area contributed by atoms with Crippen LogP contribution < -0.4 is 0 Å². The Kier molecular flexibility index (Phi) is 9.92. The molecule has 1 aliphatic heterocycles. The minimum atomic E-state index is -0.711. The highest BCUT2D eigenvalue weighted by molar-refractivity contribution is 6.11. The Balaban J connectivity index is 1.21. The second-order valence-corrected chi connectivity index (χ2v) is 16.4. The highest BCUT2D eigenvalue weighted by Gasteiger charge is 2.30. The molecule has 2 fully saturated rings. The SMILES string of the molecule is C=C(C(=O)OC(C)(C)C)n1c(CN(CC2CCC2)C(=O)OC(C)(C)C)cc2ccc(Cn3cc(-c4cccc5cnn(C6CCCCO6)c45)nn3)cc21. The summed E-state index contributed by atoms with van der Waals surface area (Å²) in [5.74, 6) is -0.112. The molecular formula is C41H51N7O5. The summed E-state index contributed by atoms with van der Waals surface area (Å²) in [4.78, 5) is 28.8. The molecule has 5 aromatic rings. The molecule has 0 radical (unpaired) electrons. The lowest BCUT2D eigenvalue weighted by atomic mass is 9.85. The number of rotatable bonds is 10. The summed E-state index contributed by atoms with van der Waals surface area (Å²) in [6, 6.07) is 14.2. The van der Waals surface area contributed by atoms with Gasteiger partial charge >= 0.3 is 12.1 Å². The molecule has 0 N–H and O–H groups in total. The van der Waals surface area contributed by atoms with Crippen LogP contribution in [0, 0.1) is 5.92 Å². The number of nitrogens with zero attached hydrogens (tertiary/aromatic N) is 7. The van der Waals surface area contributed by atoms with Crippen LogP contribution >= 0.6 is 0 Å². The Labute approximate surface area is 310 Å². The molecule has 3 aromatic heterocycles. The summed E-state index contributed by atoms with van der Waals surface area (Å²) in [6.07, 6.45) is 9.75. The highest BCUT2D eigenvalue weighted by atomic mass is 16.6. The number of benzene rings is 2. The lowest BCUT2D eigenvalue weighted by Gasteiger charge is -2.34. The van der Waals surface area contributed by atoms with Crippen molar-refractivity contribution in [2.45, 2.75) is 111 Å². The number of carbonyl (C=O) groups is 2. The maximum Gasteiger partial charge on any atom is 0.410 e. The zero-order chi connectivity index (χ0) is 37.5. The van der Waals surface area contributed by atoms with Gasteiger partial charge in [-0.05, 0) is 97.3 Å². The Morgan fingerprint density at radius 3 is 2.45 bits per heavy atom. The van der Waals surface area contributed by atoms with Crippen molar-refractivity contribution in [3.8, 4) is 11.3 Å². The number of hydrogen-bond donors (Lipinski definition) is 0. The predicted molar refractivity (Wildman–Crippen MR) is 204 cm³/mol. The third kappa shape index (κ3) is 8.17. The third-order valence-corrected chi connectivity index (χ3v) is 9.76. The first-order chi connectivity index (χ1) is 25.2. The third-order valence-electron chi connectivity index (χ3n) is 9.76. The molecule has 1 atom stereocenters. The van der Waals surface area contributed by atoms with Gasteiger partial charge < -0.3 is 23.7 Å². The fourth-order valence-electron chi connectivity index (χ4n) is 7.11. The van der Waals surface area contributed by atoms with Crippen LogP contribution in [0.25, 0.3) is 38.8 Å². The lowest BCUT2D eigenvalue weighted by Crippen LogP contribution is -2.41. The molecule has 1 unspecified atom stereocenters. The van der Waals surface area contributed by atoms with Crippen molar-refractivity contribution in [2.24, 2.45) is 5.92 Å². The number of aromatic nitrogens is 6. The lowest BCUT2D eigenvalue weighted by molar-refractivity contribution is -0.147. The maximum absolute atomic E-state index is 13.5. The summed E-state index contributed by atoms with van der Waals surface area (Å²) in [6.45, 7) is 17.3. The Morgan fingerprint density at radius 2 is 1.75 bits per heavy atom. The Bertz CT molecular complexity index is 2140. The largest absolute Gasteiger partial charge is 0.455 e. The predicted octanol–water partition coefficient (Wildman–Crippen LogP) is 8.35. The van der Waals surface area contributed by atoms with Crippen molar-refractivity contribution < 1.29 is 23.8 Å². The molecular weight excluding hydrogens is 670 g/mol. The van der Waals surface area contributed by atoms with E-state index in [-0.39, 0.29) is 24.6 Å². The smallest absolute Gasteiger partial charge is 0.410 e. The van der Waals surface area contributed by atoms with E-state index < -0.39 is 17.2 Å². The van der Waals surface area contributed by atoms with Crippen molar-refractivity contribution >= 4 is 39.6 Å². The van der Waals surface area contributed by atoms with Crippen LogP contribution in [-0.4, -0.2) is 70.7 Å². The first-order valence-electron chi connectivity index (χ1n) is 18.7. The van der Waals surface area contributed by atoms with Crippen molar-refractivity contribution in [1.82, 2.24) is 34.2 Å². The molecule has 0 spiro atoms. The number of hydrogen-bond acceptors (Lipinski definition) is 8. The summed E-state index contributed by atoms with van der Waals surface area (Å²) in [5, 5.41) is 15.7. The Morgan fingerprint density at radius 1 is 0.962 bits per heavy atom. The van der Waals surface area contributed by atoms with E-state index in [0.717, 1.165) is 89.5 Å². The van der Waals surface area contributed by atoms with Gasteiger partial charge in [0.25, 0.3) is 0 Å². The quantitative estimate of drug-likeness (QED) is 0.104. The molecule has 2 aliphatic rings. The van der Waals surface area contributed by atoms with Crippen molar-refractivity contribution in [3.05, 3.63) is 72.7 Å². The van der Waals surface area contributed by atoms with Gasteiger partial charge in [0, 0.05) is 35.2 Å². The summed E-state index contributed by atoms with van der Waals surface area (Å²) < 4.78 is 23.3. The van der Waals surface area contributed by atoms with E-state index in [0.29, 0.717) is 19.0 Å². The van der Waals surface area contributed by atoms with Crippen LogP contribution in [0.3, 0.4) is 0 Å². The number of fused-ring (bicyclic) bond motifs is 2. The summed E-state index contributed by atoms with van der Waals surface area (Å²) in [5.41, 5.74) is 3.96. The monoisotopic (exact) mass is 721 g/mol. The van der Waals surface area contributed by atoms with Gasteiger partial charge in [0.15, 0.2) is 6.23 Å². The van der Waals surface area contributed by atoms with Crippen molar-refractivity contribution in [1.29, 1.82) is 0 Å². The van der Waals surface area contributed by atoms with E-state index in [2.05, 4.69) is 23.0 Å². The number of ether oxygens (including phenoxy) is 3. The van der Waals surface area contributed by atoms with Crippen LogP contribution in [0.4, 0.5) is 4.79 Å². The Hall–Kier alpha value is -4.97. The molecule has 12 heteroatoms. The first-order valence-corrected chi connectivity index (χ1v) is 18.7. The van der Waals surface area contributed by atoms with E-state index in [1.807, 2.05) is 104 Å². The van der Waals surface area contributed by atoms with E-state index in [9.17, 15) is 9.59 Å². The number of para-hydroxylation sites is 1. The minimum absolute atomic E-state index is 0.102. The molecule has 12 nitrogen and oxygen atoms in total. The molecule has 1 aliphatic carbocycles. The molecule has 53 heavy (non-hydrogen) atoms. The van der Waals surface area contributed by atoms with Crippen molar-refractivity contribution in [2.75, 3.05) is 13.2 Å². The van der Waals surface area contributed by atoms with Gasteiger partial charge in [0.2, 0.25) is 0 Å². The van der Waals surface area contributed by atoms with Crippen LogP contribution in [0.1, 0.15) is 97.6 Å². The number of amides is 1. The van der Waals surface area contributed by atoms with Crippen molar-refractivity contribution in [3.63, 3.8) is 0 Å². The zero-order valence-electron chi connectivity index (χ0n) is 31.8. The highest BCUT2D eigenvalue weighted by Crippen LogP contribution is 2.34. The van der Waals surface area contributed by atoms with Gasteiger partial charge in [0.1, 0.15) is 22.6 Å². The van der Waals surface area contributed by atoms with E-state index in [1.165, 1.54) is 0 Å². The fourth-order valence-corrected chi connectivity index (χ4v) is 7.11. The zero-order valence-corrected chi connectivity index (χ0v) is 31.8. The second-order valence-electron chi connectivity index (χ2n) is 16.4. The van der Waals surface area contributed by atoms with Crippen LogP contribution in [0.2, 0.25) is 0 Å². The van der Waals surface area contributed by atoms with Gasteiger partial charge in [-0.25, -0.2) is 19.0 Å². The van der Waals surface area contributed by atoms with Gasteiger partial charge in [0.05, 0.1) is 36.5 Å². The summed E-state index contributed by atoms with van der Waals surface area (Å²) >= 11 is 0. The average molecular weight is 722 g/mol. The molecule has 2 aromatic carbocycles. The van der Waals surface area contributed by atoms with Gasteiger partial charge in [-0.3, -0.25) is 0 Å². The van der Waals surface area contributed by atoms with Gasteiger partial charge in [-0.15, -0.1) is 5.10 Å². The van der Waals surface area contributed by atoms with Crippen LogP contribution in [0.5, 0.6) is 0 Å². The maximum atomic E-state index is 13.5. The fraction of sp³-hybridized carbons (Fsp3) is 0.488. The molecule has 4 heterocycles. The van der Waals surface area contributed by atoms with Gasteiger partial charge in [-0.2, -0.15) is 5.10 Å². The average Bonchev–Trinajstić information content (AvgIpc) is 3.81. The van der Waals surface area contributed by atoms with E-state index in [1.54, 1.807) is 4.90 Å². The molecule has 1 amide bonds. The number of carbonyl (C=O) groups excluding carboxylic acids is 2.